The summed E-state index contributed by atoms with van der Waals surface area (Å²) in [6.07, 6.45) is 5.81. The summed E-state index contributed by atoms with van der Waals surface area (Å²) < 4.78 is 25.3. The molecular formula is C17H26NO3S+. The van der Waals surface area contributed by atoms with Gasteiger partial charge in [0, 0.05) is 5.56 Å². The van der Waals surface area contributed by atoms with Gasteiger partial charge in [0.15, 0.2) is 15.6 Å². The van der Waals surface area contributed by atoms with Crippen molar-refractivity contribution in [2.75, 3.05) is 12.3 Å². The second kappa shape index (κ2) is 7.38. The first-order valence-corrected chi connectivity index (χ1v) is 9.74. The Morgan fingerprint density at radius 3 is 2.50 bits per heavy atom. The van der Waals surface area contributed by atoms with Gasteiger partial charge in [-0.15, -0.1) is 0 Å². The molecule has 0 radical (unpaired) electrons. The molecule has 0 saturated heterocycles. The lowest BCUT2D eigenvalue weighted by molar-refractivity contribution is -0.365. The maximum Gasteiger partial charge on any atom is 0.178 e. The number of quaternary nitrogens is 1. The van der Waals surface area contributed by atoms with E-state index < -0.39 is 9.84 Å². The summed E-state index contributed by atoms with van der Waals surface area (Å²) in [6.45, 7) is 2.36. The number of carbonyl (C=O) groups excluding carboxylic acids is 1. The Bertz CT molecular complexity index is 631. The van der Waals surface area contributed by atoms with Gasteiger partial charge in [-0.1, -0.05) is 19.3 Å². The highest BCUT2D eigenvalue weighted by Crippen LogP contribution is 2.27. The number of benzene rings is 1. The quantitative estimate of drug-likeness (QED) is 0.814. The van der Waals surface area contributed by atoms with Crippen LogP contribution in [0.1, 0.15) is 54.4 Å². The minimum absolute atomic E-state index is 0.0344. The first-order chi connectivity index (χ1) is 10.4. The summed E-state index contributed by atoms with van der Waals surface area (Å²) in [5.74, 6) is 0.436. The minimum atomic E-state index is -3.32. The summed E-state index contributed by atoms with van der Waals surface area (Å²) in [4.78, 5) is 12.3. The molecule has 0 heterocycles. The van der Waals surface area contributed by atoms with Crippen molar-refractivity contribution in [3.8, 4) is 0 Å². The van der Waals surface area contributed by atoms with Gasteiger partial charge >= 0.3 is 0 Å². The normalized spacial score (nSPS) is 16.6. The number of sulfone groups is 1. The van der Waals surface area contributed by atoms with Crippen LogP contribution < -0.4 is 5.73 Å². The van der Waals surface area contributed by atoms with Crippen LogP contribution in [-0.4, -0.2) is 26.5 Å². The second-order valence-corrected chi connectivity index (χ2v) is 8.38. The van der Waals surface area contributed by atoms with Crippen molar-refractivity contribution in [1.29, 1.82) is 0 Å². The molecule has 1 aliphatic carbocycles. The zero-order valence-corrected chi connectivity index (χ0v) is 14.1. The molecule has 22 heavy (non-hydrogen) atoms. The Kier molecular flexibility index (Phi) is 5.75. The Labute approximate surface area is 133 Å². The molecule has 4 nitrogen and oxygen atoms in total. The maximum absolute atomic E-state index is 12.7. The molecule has 0 aliphatic heterocycles. The van der Waals surface area contributed by atoms with E-state index in [4.69, 9.17) is 0 Å². The van der Waals surface area contributed by atoms with Crippen molar-refractivity contribution in [2.24, 2.45) is 5.92 Å². The topological polar surface area (TPSA) is 78.8 Å². The van der Waals surface area contributed by atoms with Gasteiger partial charge in [0.05, 0.1) is 23.6 Å². The van der Waals surface area contributed by atoms with Crippen molar-refractivity contribution in [3.63, 3.8) is 0 Å². The number of carbonyl (C=O) groups is 1. The van der Waals surface area contributed by atoms with Crippen LogP contribution in [0, 0.1) is 12.8 Å². The highest BCUT2D eigenvalue weighted by atomic mass is 32.2. The average Bonchev–Trinajstić information content (AvgIpc) is 2.47. The maximum atomic E-state index is 12.7. The van der Waals surface area contributed by atoms with Crippen molar-refractivity contribution in [3.05, 3.63) is 29.3 Å². The fraction of sp³-hybridized carbons (Fsp3) is 0.588. The SMILES string of the molecule is Cc1cc(C(=O)CC[NH3+])cc(S(=O)(=O)CC2CCCCC2)c1. The van der Waals surface area contributed by atoms with E-state index in [2.05, 4.69) is 5.73 Å². The molecule has 0 spiro atoms. The molecule has 0 aromatic heterocycles. The first-order valence-electron chi connectivity index (χ1n) is 8.09. The van der Waals surface area contributed by atoms with Crippen molar-refractivity contribution < 1.29 is 18.9 Å². The van der Waals surface area contributed by atoms with Crippen molar-refractivity contribution in [2.45, 2.75) is 50.3 Å². The van der Waals surface area contributed by atoms with Crippen molar-refractivity contribution >= 4 is 15.6 Å². The van der Waals surface area contributed by atoms with Crippen LogP contribution in [0.3, 0.4) is 0 Å². The fourth-order valence-electron chi connectivity index (χ4n) is 3.15. The molecule has 1 saturated carbocycles. The van der Waals surface area contributed by atoms with Gasteiger partial charge in [0.25, 0.3) is 0 Å². The highest BCUT2D eigenvalue weighted by Gasteiger charge is 2.24. The lowest BCUT2D eigenvalue weighted by Gasteiger charge is -2.21. The van der Waals surface area contributed by atoms with E-state index in [9.17, 15) is 13.2 Å². The summed E-state index contributed by atoms with van der Waals surface area (Å²) in [6, 6.07) is 4.99. The van der Waals surface area contributed by atoms with Gasteiger partial charge in [-0.05, 0) is 49.4 Å². The Balaban J connectivity index is 2.24. The summed E-state index contributed by atoms with van der Waals surface area (Å²) in [5.41, 5.74) is 4.99. The Morgan fingerprint density at radius 2 is 1.86 bits per heavy atom. The predicted octanol–water partition coefficient (Wildman–Crippen LogP) is 2.16. The van der Waals surface area contributed by atoms with Gasteiger partial charge in [0.1, 0.15) is 0 Å². The summed E-state index contributed by atoms with van der Waals surface area (Å²) >= 11 is 0. The molecule has 1 fully saturated rings. The molecule has 0 bridgehead atoms. The van der Waals surface area contributed by atoms with Crippen LogP contribution >= 0.6 is 0 Å². The summed E-state index contributed by atoms with van der Waals surface area (Å²) in [5, 5.41) is 0. The van der Waals surface area contributed by atoms with Crippen molar-refractivity contribution in [1.82, 2.24) is 0 Å². The number of hydrogen-bond acceptors (Lipinski definition) is 3. The minimum Gasteiger partial charge on any atom is -0.357 e. The third-order valence-electron chi connectivity index (χ3n) is 4.32. The summed E-state index contributed by atoms with van der Waals surface area (Å²) in [7, 11) is -3.32. The predicted molar refractivity (Wildman–Crippen MR) is 86.5 cm³/mol. The fourth-order valence-corrected chi connectivity index (χ4v) is 4.97. The lowest BCUT2D eigenvalue weighted by atomic mass is 9.91. The van der Waals surface area contributed by atoms with E-state index in [1.165, 1.54) is 6.42 Å². The number of Topliss-reactive ketones (excluding diaryl/α,β-unsaturated/α-hetero) is 1. The highest BCUT2D eigenvalue weighted by molar-refractivity contribution is 7.91. The molecule has 1 aromatic carbocycles. The van der Waals surface area contributed by atoms with E-state index >= 15 is 0 Å². The zero-order chi connectivity index (χ0) is 16.2. The van der Waals surface area contributed by atoms with Crippen LogP contribution in [0.2, 0.25) is 0 Å². The number of ketones is 1. The van der Waals surface area contributed by atoms with Crippen LogP contribution in [0.25, 0.3) is 0 Å². The van der Waals surface area contributed by atoms with E-state index in [0.717, 1.165) is 31.2 Å². The number of aryl methyl sites for hydroxylation is 1. The molecule has 2 rings (SSSR count). The van der Waals surface area contributed by atoms with Gasteiger partial charge in [-0.3, -0.25) is 4.79 Å². The second-order valence-electron chi connectivity index (χ2n) is 6.35. The lowest BCUT2D eigenvalue weighted by Crippen LogP contribution is -2.50. The molecular weight excluding hydrogens is 298 g/mol. The largest absolute Gasteiger partial charge is 0.357 e. The molecule has 122 valence electrons. The third-order valence-corrected chi connectivity index (χ3v) is 6.18. The monoisotopic (exact) mass is 324 g/mol. The van der Waals surface area contributed by atoms with Gasteiger partial charge < -0.3 is 5.73 Å². The first kappa shape index (κ1) is 17.2. The standard InChI is InChI=1S/C17H25NO3S/c1-13-9-15(17(19)7-8-18)11-16(10-13)22(20,21)12-14-5-3-2-4-6-14/h9-11,14H,2-8,12,18H2,1H3/p+1. The van der Waals surface area contributed by atoms with Gasteiger partial charge in [0.2, 0.25) is 0 Å². The number of rotatable bonds is 6. The smallest absolute Gasteiger partial charge is 0.178 e. The molecule has 5 heteroatoms. The number of hydrogen-bond donors (Lipinski definition) is 1. The molecule has 0 unspecified atom stereocenters. The van der Waals surface area contributed by atoms with Crippen LogP contribution in [0.4, 0.5) is 0 Å². The third kappa shape index (κ3) is 4.40. The Hall–Kier alpha value is -1.20. The van der Waals surface area contributed by atoms with Crippen LogP contribution in [0.5, 0.6) is 0 Å². The van der Waals surface area contributed by atoms with E-state index in [-0.39, 0.29) is 17.5 Å². The van der Waals surface area contributed by atoms with E-state index in [1.54, 1.807) is 18.2 Å². The Morgan fingerprint density at radius 1 is 1.18 bits per heavy atom. The zero-order valence-electron chi connectivity index (χ0n) is 13.3. The van der Waals surface area contributed by atoms with E-state index in [0.29, 0.717) is 23.4 Å². The molecule has 1 aromatic rings. The van der Waals surface area contributed by atoms with E-state index in [1.807, 2.05) is 6.92 Å². The molecule has 3 N–H and O–H groups in total. The van der Waals surface area contributed by atoms with Crippen LogP contribution in [0.15, 0.2) is 23.1 Å². The van der Waals surface area contributed by atoms with Gasteiger partial charge in [-0.2, -0.15) is 0 Å². The molecule has 1 aliphatic rings. The average molecular weight is 324 g/mol. The molecule has 0 amide bonds. The van der Waals surface area contributed by atoms with Gasteiger partial charge in [-0.25, -0.2) is 8.42 Å². The molecule has 0 atom stereocenters. The van der Waals surface area contributed by atoms with Crippen LogP contribution in [-0.2, 0) is 9.84 Å².